The number of phenolic OH excluding ortho intramolecular Hbond substituents is 2. The van der Waals surface area contributed by atoms with Crippen LogP contribution >= 0.6 is 0 Å². The number of fused-ring (bicyclic) bond motifs is 1. The van der Waals surface area contributed by atoms with Crippen molar-refractivity contribution in [3.8, 4) is 34.3 Å². The molecule has 3 amide bonds. The molecule has 0 bridgehead atoms. The van der Waals surface area contributed by atoms with Gasteiger partial charge < -0.3 is 29.2 Å². The van der Waals surface area contributed by atoms with E-state index in [-0.39, 0.29) is 41.7 Å². The number of benzene rings is 4. The molecule has 0 saturated carbocycles. The highest BCUT2D eigenvalue weighted by Crippen LogP contribution is 2.36. The van der Waals surface area contributed by atoms with Crippen molar-refractivity contribution in [3.63, 3.8) is 0 Å². The zero-order valence-corrected chi connectivity index (χ0v) is 30.5. The van der Waals surface area contributed by atoms with Crippen molar-refractivity contribution in [2.75, 3.05) is 45.9 Å². The number of piperidine rings is 1. The van der Waals surface area contributed by atoms with Gasteiger partial charge in [-0.2, -0.15) is 0 Å². The van der Waals surface area contributed by atoms with Crippen LogP contribution in [0, 0.1) is 6.92 Å². The number of hydrogen-bond donors (Lipinski definition) is 3. The first-order valence-corrected chi connectivity index (χ1v) is 18.6. The van der Waals surface area contributed by atoms with Gasteiger partial charge in [-0.15, -0.1) is 0 Å². The van der Waals surface area contributed by atoms with Crippen molar-refractivity contribution in [3.05, 3.63) is 108 Å². The first-order chi connectivity index (χ1) is 26.2. The van der Waals surface area contributed by atoms with Gasteiger partial charge in [0.15, 0.2) is 6.61 Å². The summed E-state index contributed by atoms with van der Waals surface area (Å²) >= 11 is 0. The van der Waals surface area contributed by atoms with Gasteiger partial charge in [-0.25, -0.2) is 0 Å². The smallest absolute Gasteiger partial charge is 0.260 e. The van der Waals surface area contributed by atoms with Gasteiger partial charge in [0.2, 0.25) is 11.8 Å². The number of hydrogen-bond acceptors (Lipinski definition) is 8. The molecule has 280 valence electrons. The van der Waals surface area contributed by atoms with E-state index in [1.165, 1.54) is 0 Å². The molecule has 0 radical (unpaired) electrons. The first-order valence-electron chi connectivity index (χ1n) is 18.6. The predicted octanol–water partition coefficient (Wildman–Crippen LogP) is 5.98. The summed E-state index contributed by atoms with van der Waals surface area (Å²) in [5.74, 6) is 0.952. The highest BCUT2D eigenvalue weighted by Gasteiger charge is 2.28. The van der Waals surface area contributed by atoms with E-state index in [0.29, 0.717) is 44.8 Å². The van der Waals surface area contributed by atoms with E-state index in [2.05, 4.69) is 33.8 Å². The Balaban J connectivity index is 0.819. The van der Waals surface area contributed by atoms with E-state index < -0.39 is 0 Å². The minimum absolute atomic E-state index is 0.0365. The summed E-state index contributed by atoms with van der Waals surface area (Å²) in [5.41, 5.74) is 6.10. The molecule has 4 aromatic carbocycles. The van der Waals surface area contributed by atoms with Gasteiger partial charge in [-0.3, -0.25) is 24.6 Å². The van der Waals surface area contributed by atoms with Crippen molar-refractivity contribution >= 4 is 28.6 Å². The number of carbonyl (C=O) groups is 3. The number of rotatable bonds is 13. The summed E-state index contributed by atoms with van der Waals surface area (Å²) in [5, 5.41) is 23.4. The number of carbonyl (C=O) groups excluding carboxylic acids is 3. The zero-order valence-electron chi connectivity index (χ0n) is 30.5. The largest absolute Gasteiger partial charge is 0.508 e. The van der Waals surface area contributed by atoms with Gasteiger partial charge in [-0.05, 0) is 122 Å². The topological polar surface area (TPSA) is 134 Å². The van der Waals surface area contributed by atoms with E-state index in [9.17, 15) is 24.6 Å². The van der Waals surface area contributed by atoms with Crippen molar-refractivity contribution in [1.29, 1.82) is 0 Å². The molecule has 2 aliphatic heterocycles. The molecule has 0 aliphatic carbocycles. The average Bonchev–Trinajstić information content (AvgIpc) is 3.44. The fourth-order valence-corrected chi connectivity index (χ4v) is 7.43. The molecule has 0 spiro atoms. The molecule has 1 unspecified atom stereocenters. The molecule has 2 fully saturated rings. The molecule has 7 rings (SSSR count). The second-order valence-corrected chi connectivity index (χ2v) is 14.1. The van der Waals surface area contributed by atoms with Gasteiger partial charge in [0.25, 0.3) is 5.91 Å². The lowest BCUT2D eigenvalue weighted by Crippen LogP contribution is -2.50. The third-order valence-corrected chi connectivity index (χ3v) is 10.5. The molecule has 1 aromatic heterocycles. The molecule has 1 atom stereocenters. The molecule has 2 aliphatic rings. The standard InChI is InChI=1S/C43H46N4O7/c1-29-38-26-34(49)12-18-39(38)47(42(29)32-6-10-33(48)11-7-32)27-30-4-13-35(14-5-30)53-25-3-2-20-45-21-23-46(24-22-45)41(51)28-54-36-15-8-31(9-16-36)37-17-19-40(50)44-43(37)52/h4-16,18,26,37,48-49H,2-3,17,19-25,27-28H2,1H3,(H,44,50,52). The summed E-state index contributed by atoms with van der Waals surface area (Å²) in [7, 11) is 0. The molecule has 54 heavy (non-hydrogen) atoms. The second kappa shape index (κ2) is 16.5. The molecule has 3 heterocycles. The molecule has 11 nitrogen and oxygen atoms in total. The van der Waals surface area contributed by atoms with Crippen LogP contribution in [0.15, 0.2) is 91.0 Å². The van der Waals surface area contributed by atoms with Crippen LogP contribution in [0.4, 0.5) is 0 Å². The Labute approximate surface area is 314 Å². The zero-order chi connectivity index (χ0) is 37.6. The van der Waals surface area contributed by atoms with Crippen molar-refractivity contribution in [2.24, 2.45) is 0 Å². The second-order valence-electron chi connectivity index (χ2n) is 14.1. The van der Waals surface area contributed by atoms with E-state index in [1.807, 2.05) is 47.4 Å². The minimum atomic E-state index is -0.347. The predicted molar refractivity (Wildman–Crippen MR) is 206 cm³/mol. The summed E-state index contributed by atoms with van der Waals surface area (Å²) in [4.78, 5) is 40.6. The maximum Gasteiger partial charge on any atom is 0.260 e. The van der Waals surface area contributed by atoms with Crippen LogP contribution in [0.2, 0.25) is 0 Å². The van der Waals surface area contributed by atoms with Gasteiger partial charge in [0.05, 0.1) is 18.2 Å². The summed E-state index contributed by atoms with van der Waals surface area (Å²) < 4.78 is 14.1. The quantitative estimate of drug-likeness (QED) is 0.0997. The number of ether oxygens (including phenoxy) is 2. The van der Waals surface area contributed by atoms with Crippen LogP contribution < -0.4 is 14.8 Å². The highest BCUT2D eigenvalue weighted by atomic mass is 16.5. The summed E-state index contributed by atoms with van der Waals surface area (Å²) in [6, 6.07) is 28.0. The fraction of sp³-hybridized carbons (Fsp3) is 0.326. The van der Waals surface area contributed by atoms with Gasteiger partial charge in [0, 0.05) is 50.0 Å². The first kappa shape index (κ1) is 36.5. The third-order valence-electron chi connectivity index (χ3n) is 10.5. The maximum atomic E-state index is 12.8. The molecule has 5 aromatic rings. The maximum absolute atomic E-state index is 12.8. The lowest BCUT2D eigenvalue weighted by Gasteiger charge is -2.34. The van der Waals surface area contributed by atoms with Gasteiger partial charge >= 0.3 is 0 Å². The van der Waals surface area contributed by atoms with Crippen LogP contribution in [0.3, 0.4) is 0 Å². The Morgan fingerprint density at radius 3 is 2.22 bits per heavy atom. The Hall–Kier alpha value is -5.81. The average molecular weight is 731 g/mol. The SMILES string of the molecule is Cc1c(-c2ccc(O)cc2)n(Cc2ccc(OCCCCN3CCN(C(=O)COc4ccc(C5CCC(=O)NC5=O)cc4)CC3)cc2)c2ccc(O)cc12. The number of nitrogens with zero attached hydrogens (tertiary/aromatic N) is 3. The number of phenols is 2. The van der Waals surface area contributed by atoms with Gasteiger partial charge in [-0.1, -0.05) is 24.3 Å². The molecular formula is C43H46N4O7. The number of imide groups is 1. The van der Waals surface area contributed by atoms with E-state index >= 15 is 0 Å². The fourth-order valence-electron chi connectivity index (χ4n) is 7.43. The number of unbranched alkanes of at least 4 members (excludes halogenated alkanes) is 1. The molecular weight excluding hydrogens is 684 g/mol. The number of piperazine rings is 1. The van der Waals surface area contributed by atoms with Crippen molar-refractivity contribution < 1.29 is 34.1 Å². The third kappa shape index (κ3) is 8.52. The van der Waals surface area contributed by atoms with Crippen LogP contribution in [-0.2, 0) is 20.9 Å². The Morgan fingerprint density at radius 1 is 0.815 bits per heavy atom. The minimum Gasteiger partial charge on any atom is -0.508 e. The molecule has 3 N–H and O–H groups in total. The summed E-state index contributed by atoms with van der Waals surface area (Å²) in [6.07, 6.45) is 2.75. The summed E-state index contributed by atoms with van der Waals surface area (Å²) in [6.45, 7) is 7.21. The Kier molecular flexibility index (Phi) is 11.1. The van der Waals surface area contributed by atoms with Crippen LogP contribution in [0.5, 0.6) is 23.0 Å². The van der Waals surface area contributed by atoms with Crippen molar-refractivity contribution in [2.45, 2.75) is 45.1 Å². The number of aryl methyl sites for hydroxylation is 1. The lowest BCUT2D eigenvalue weighted by molar-refractivity contribution is -0.135. The van der Waals surface area contributed by atoms with E-state index in [0.717, 1.165) is 77.1 Å². The van der Waals surface area contributed by atoms with Gasteiger partial charge in [0.1, 0.15) is 23.0 Å². The monoisotopic (exact) mass is 730 g/mol. The number of aromatic nitrogens is 1. The van der Waals surface area contributed by atoms with E-state index in [1.54, 1.807) is 36.4 Å². The normalized spacial score (nSPS) is 16.4. The number of nitrogens with one attached hydrogen (secondary N) is 1. The lowest BCUT2D eigenvalue weighted by atomic mass is 9.90. The van der Waals surface area contributed by atoms with Crippen molar-refractivity contribution in [1.82, 2.24) is 19.7 Å². The van der Waals surface area contributed by atoms with Crippen LogP contribution in [0.25, 0.3) is 22.2 Å². The van der Waals surface area contributed by atoms with Crippen LogP contribution in [0.1, 0.15) is 48.3 Å². The van der Waals surface area contributed by atoms with E-state index in [4.69, 9.17) is 9.47 Å². The highest BCUT2D eigenvalue weighted by molar-refractivity contribution is 6.01. The Bertz CT molecular complexity index is 2100. The number of aromatic hydroxyl groups is 2. The number of amides is 3. The Morgan fingerprint density at radius 2 is 1.50 bits per heavy atom. The molecule has 11 heteroatoms. The van der Waals surface area contributed by atoms with Crippen LogP contribution in [-0.4, -0.2) is 88.2 Å². The molecule has 2 saturated heterocycles.